The van der Waals surface area contributed by atoms with Gasteiger partial charge in [-0.1, -0.05) is 6.07 Å². The zero-order chi connectivity index (χ0) is 17.0. The summed E-state index contributed by atoms with van der Waals surface area (Å²) >= 11 is 0. The van der Waals surface area contributed by atoms with E-state index in [1.807, 2.05) is 0 Å². The monoisotopic (exact) mass is 345 g/mol. The molecule has 23 heavy (non-hydrogen) atoms. The highest BCUT2D eigenvalue weighted by Crippen LogP contribution is 2.39. The topological polar surface area (TPSA) is 142 Å². The zero-order valence-electron chi connectivity index (χ0n) is 12.0. The van der Waals surface area contributed by atoms with Crippen LogP contribution in [-0.2, 0) is 20.6 Å². The minimum Gasteiger partial charge on any atom is -0.480 e. The summed E-state index contributed by atoms with van der Waals surface area (Å²) in [4.78, 5) is 40.7. The lowest BCUT2D eigenvalue weighted by Crippen LogP contribution is -2.37. The predicted octanol–water partition coefficient (Wildman–Crippen LogP) is -0.0475. The number of ether oxygens (including phenoxy) is 2. The van der Waals surface area contributed by atoms with E-state index >= 15 is 0 Å². The van der Waals surface area contributed by atoms with Crippen LogP contribution in [0.3, 0.4) is 0 Å². The van der Waals surface area contributed by atoms with Gasteiger partial charge in [0.05, 0.1) is 12.1 Å². The third kappa shape index (κ3) is 5.24. The predicted molar refractivity (Wildman–Crippen MR) is 77.3 cm³/mol. The van der Waals surface area contributed by atoms with Crippen molar-refractivity contribution in [3.63, 3.8) is 0 Å². The highest BCUT2D eigenvalue weighted by molar-refractivity contribution is 7.51. The molecule has 1 aliphatic rings. The molecule has 1 aromatic carbocycles. The van der Waals surface area contributed by atoms with Crippen LogP contribution in [0.5, 0.6) is 11.5 Å². The van der Waals surface area contributed by atoms with Crippen molar-refractivity contribution in [1.82, 2.24) is 5.32 Å². The second-order valence-corrected chi connectivity index (χ2v) is 6.74. The summed E-state index contributed by atoms with van der Waals surface area (Å²) in [5.41, 5.74) is 0.623. The number of aliphatic carboxylic acids is 1. The van der Waals surface area contributed by atoms with Crippen LogP contribution in [-0.4, -0.2) is 46.3 Å². The van der Waals surface area contributed by atoms with Gasteiger partial charge in [0.25, 0.3) is 0 Å². The van der Waals surface area contributed by atoms with E-state index in [1.165, 1.54) is 0 Å². The highest BCUT2D eigenvalue weighted by Gasteiger charge is 2.28. The van der Waals surface area contributed by atoms with Crippen LogP contribution < -0.4 is 14.8 Å². The molecule has 10 heteroatoms. The van der Waals surface area contributed by atoms with Crippen molar-refractivity contribution in [3.05, 3.63) is 23.8 Å². The number of carboxylic acids is 1. The molecule has 4 N–H and O–H groups in total. The first kappa shape index (κ1) is 17.3. The van der Waals surface area contributed by atoms with Crippen molar-refractivity contribution in [2.24, 2.45) is 5.92 Å². The Labute approximate surface area is 131 Å². The van der Waals surface area contributed by atoms with E-state index in [1.54, 1.807) is 18.2 Å². The molecule has 0 saturated carbocycles. The van der Waals surface area contributed by atoms with Gasteiger partial charge >= 0.3 is 13.6 Å². The number of nitrogens with one attached hydrogen (secondary N) is 1. The van der Waals surface area contributed by atoms with Crippen LogP contribution >= 0.6 is 7.60 Å². The van der Waals surface area contributed by atoms with Gasteiger partial charge in [-0.3, -0.25) is 14.2 Å². The van der Waals surface area contributed by atoms with Gasteiger partial charge in [0.2, 0.25) is 12.7 Å². The van der Waals surface area contributed by atoms with Crippen LogP contribution in [0.4, 0.5) is 0 Å². The fourth-order valence-electron chi connectivity index (χ4n) is 2.19. The molecule has 9 nitrogen and oxygen atoms in total. The van der Waals surface area contributed by atoms with Crippen LogP contribution in [0.1, 0.15) is 5.56 Å². The molecule has 0 fully saturated rings. The molecule has 0 aromatic heterocycles. The lowest BCUT2D eigenvalue weighted by atomic mass is 9.99. The maximum Gasteiger partial charge on any atom is 0.326 e. The Bertz CT molecular complexity index is 655. The summed E-state index contributed by atoms with van der Waals surface area (Å²) in [6.07, 6.45) is -0.639. The van der Waals surface area contributed by atoms with Crippen molar-refractivity contribution in [2.75, 3.05) is 19.5 Å². The summed E-state index contributed by atoms with van der Waals surface area (Å²) in [5.74, 6) is -1.99. The highest BCUT2D eigenvalue weighted by atomic mass is 31.2. The SMILES string of the molecule is O=C(O)CNC(=O)C(Cc1ccc2c(c1)OCO2)CP(=O)(O)O. The van der Waals surface area contributed by atoms with Gasteiger partial charge in [-0.15, -0.1) is 0 Å². The second-order valence-electron chi connectivity index (χ2n) is 5.05. The molecule has 0 saturated heterocycles. The zero-order valence-corrected chi connectivity index (χ0v) is 12.9. The van der Waals surface area contributed by atoms with Crippen molar-refractivity contribution in [2.45, 2.75) is 6.42 Å². The van der Waals surface area contributed by atoms with Gasteiger partial charge in [0, 0.05) is 0 Å². The first-order chi connectivity index (χ1) is 10.7. The minimum absolute atomic E-state index is 0.0349. The average Bonchev–Trinajstić information content (AvgIpc) is 2.90. The molecule has 1 aromatic rings. The Morgan fingerprint density at radius 1 is 1.26 bits per heavy atom. The number of carboxylic acid groups (broad SMARTS) is 1. The van der Waals surface area contributed by atoms with Crippen LogP contribution in [0.2, 0.25) is 0 Å². The van der Waals surface area contributed by atoms with Gasteiger partial charge in [-0.25, -0.2) is 0 Å². The Kier molecular flexibility index (Phi) is 5.25. The first-order valence-electron chi connectivity index (χ1n) is 6.67. The molecular weight excluding hydrogens is 329 g/mol. The van der Waals surface area contributed by atoms with Crippen molar-refractivity contribution in [3.8, 4) is 11.5 Å². The molecule has 0 radical (unpaired) electrons. The molecule has 2 rings (SSSR count). The fraction of sp³-hybridized carbons (Fsp3) is 0.385. The average molecular weight is 345 g/mol. The Morgan fingerprint density at radius 2 is 1.96 bits per heavy atom. The van der Waals surface area contributed by atoms with Crippen LogP contribution in [0.15, 0.2) is 18.2 Å². The maximum absolute atomic E-state index is 12.0. The molecule has 1 aliphatic heterocycles. The fourth-order valence-corrected chi connectivity index (χ4v) is 3.06. The van der Waals surface area contributed by atoms with Gasteiger partial charge in [-0.05, 0) is 24.1 Å². The molecule has 0 spiro atoms. The van der Waals surface area contributed by atoms with E-state index in [2.05, 4.69) is 5.32 Å². The van der Waals surface area contributed by atoms with Crippen molar-refractivity contribution < 1.29 is 38.5 Å². The quantitative estimate of drug-likeness (QED) is 0.504. The standard InChI is InChI=1S/C13H16NO8P/c15-12(16)5-14-13(17)9(6-23(18,19)20)3-8-1-2-10-11(4-8)22-7-21-10/h1-2,4,9H,3,5-7H2,(H,14,17)(H,15,16)(H2,18,19,20). The van der Waals surface area contributed by atoms with Crippen LogP contribution in [0.25, 0.3) is 0 Å². The van der Waals surface area contributed by atoms with Gasteiger partial charge < -0.3 is 29.7 Å². The largest absolute Gasteiger partial charge is 0.480 e. The molecule has 1 heterocycles. The van der Waals surface area contributed by atoms with Crippen molar-refractivity contribution in [1.29, 1.82) is 0 Å². The Balaban J connectivity index is 2.11. The summed E-state index contributed by atoms with van der Waals surface area (Å²) in [5, 5.41) is 10.7. The maximum atomic E-state index is 12.0. The molecular formula is C13H16NO8P. The molecule has 126 valence electrons. The number of carbonyl (C=O) groups excluding carboxylic acids is 1. The van der Waals surface area contributed by atoms with E-state index in [0.717, 1.165) is 0 Å². The Morgan fingerprint density at radius 3 is 2.61 bits per heavy atom. The minimum atomic E-state index is -4.44. The summed E-state index contributed by atoms with van der Waals surface area (Å²) in [7, 11) is -4.44. The van der Waals surface area contributed by atoms with Crippen LogP contribution in [0, 0.1) is 5.92 Å². The van der Waals surface area contributed by atoms with Gasteiger partial charge in [-0.2, -0.15) is 0 Å². The number of carbonyl (C=O) groups is 2. The third-order valence-corrected chi connectivity index (χ3v) is 4.08. The summed E-state index contributed by atoms with van der Waals surface area (Å²) in [6, 6.07) is 4.92. The molecule has 0 aliphatic carbocycles. The number of hydrogen-bond donors (Lipinski definition) is 4. The number of amides is 1. The number of fused-ring (bicyclic) bond motifs is 1. The molecule has 1 atom stereocenters. The van der Waals surface area contributed by atoms with Gasteiger partial charge in [0.15, 0.2) is 11.5 Å². The summed E-state index contributed by atoms with van der Waals surface area (Å²) < 4.78 is 21.6. The smallest absolute Gasteiger partial charge is 0.326 e. The van der Waals surface area contributed by atoms with E-state index in [0.29, 0.717) is 17.1 Å². The van der Waals surface area contributed by atoms with E-state index < -0.39 is 38.1 Å². The third-order valence-electron chi connectivity index (χ3n) is 3.16. The van der Waals surface area contributed by atoms with E-state index in [9.17, 15) is 14.2 Å². The molecule has 1 amide bonds. The second kappa shape index (κ2) is 6.99. The van der Waals surface area contributed by atoms with Crippen molar-refractivity contribution >= 4 is 19.5 Å². The van der Waals surface area contributed by atoms with Gasteiger partial charge in [0.1, 0.15) is 6.54 Å². The van der Waals surface area contributed by atoms with E-state index in [-0.39, 0.29) is 13.2 Å². The lowest BCUT2D eigenvalue weighted by molar-refractivity contribution is -0.138. The molecule has 0 bridgehead atoms. The number of rotatable bonds is 7. The molecule has 1 unspecified atom stereocenters. The summed E-state index contributed by atoms with van der Waals surface area (Å²) in [6.45, 7) is -0.526. The lowest BCUT2D eigenvalue weighted by Gasteiger charge is -2.17. The van der Waals surface area contributed by atoms with E-state index in [4.69, 9.17) is 24.4 Å². The number of hydrogen-bond acceptors (Lipinski definition) is 5. The first-order valence-corrected chi connectivity index (χ1v) is 8.47. The Hall–Kier alpha value is -2.09. The normalized spacial score (nSPS) is 14.3. The number of benzene rings is 1.